The van der Waals surface area contributed by atoms with E-state index in [1.165, 1.54) is 12.1 Å². The lowest BCUT2D eigenvalue weighted by atomic mass is 9.97. The Balaban J connectivity index is 1.61. The summed E-state index contributed by atoms with van der Waals surface area (Å²) in [4.78, 5) is 13.3. The van der Waals surface area contributed by atoms with Gasteiger partial charge in [-0.3, -0.25) is 9.48 Å². The molecule has 3 aromatic carbocycles. The maximum Gasteiger partial charge on any atom is 0.252 e. The van der Waals surface area contributed by atoms with E-state index in [4.69, 9.17) is 16.7 Å². The van der Waals surface area contributed by atoms with Crippen molar-refractivity contribution in [2.75, 3.05) is 0 Å². The highest BCUT2D eigenvalue weighted by molar-refractivity contribution is 6.33. The SMILES string of the molecule is Cn1cc(C(C)(C)NC(=O)c2ccc3c(-c4ccccc4Cl)nn(-c4ccc(F)cc4)c3c2)cn1. The first-order valence-electron chi connectivity index (χ1n) is 11.1. The second-order valence-electron chi connectivity index (χ2n) is 8.93. The number of fused-ring (bicyclic) bond motifs is 1. The first-order valence-corrected chi connectivity index (χ1v) is 11.5. The van der Waals surface area contributed by atoms with E-state index in [1.54, 1.807) is 39.8 Å². The molecule has 176 valence electrons. The van der Waals surface area contributed by atoms with Crippen molar-refractivity contribution in [3.05, 3.63) is 101 Å². The van der Waals surface area contributed by atoms with E-state index in [2.05, 4.69) is 10.4 Å². The molecular weight excluding hydrogens is 465 g/mol. The van der Waals surface area contributed by atoms with E-state index < -0.39 is 5.54 Å². The molecule has 0 saturated heterocycles. The Morgan fingerprint density at radius 3 is 2.49 bits per heavy atom. The lowest BCUT2D eigenvalue weighted by Gasteiger charge is -2.25. The van der Waals surface area contributed by atoms with Gasteiger partial charge in [0, 0.05) is 35.3 Å². The Labute approximate surface area is 207 Å². The van der Waals surface area contributed by atoms with E-state index in [0.29, 0.717) is 27.5 Å². The van der Waals surface area contributed by atoms with Gasteiger partial charge < -0.3 is 5.32 Å². The maximum atomic E-state index is 13.6. The third kappa shape index (κ3) is 4.31. The Morgan fingerprint density at radius 1 is 1.06 bits per heavy atom. The van der Waals surface area contributed by atoms with E-state index in [-0.39, 0.29) is 11.7 Å². The molecule has 0 spiro atoms. The van der Waals surface area contributed by atoms with Crippen LogP contribution in [0.3, 0.4) is 0 Å². The van der Waals surface area contributed by atoms with Crippen molar-refractivity contribution < 1.29 is 9.18 Å². The standard InChI is InChI=1S/C27H23ClFN5O/c1-27(2,18-15-30-33(3)16-18)31-26(35)17-8-13-22-24(14-17)34(20-11-9-19(29)10-12-20)32-25(22)21-6-4-5-7-23(21)28/h4-16H,1-3H3,(H,31,35). The topological polar surface area (TPSA) is 64.7 Å². The summed E-state index contributed by atoms with van der Waals surface area (Å²) in [6.07, 6.45) is 3.62. The van der Waals surface area contributed by atoms with Gasteiger partial charge in [0.15, 0.2) is 0 Å². The van der Waals surface area contributed by atoms with Crippen LogP contribution in [-0.2, 0) is 12.6 Å². The molecule has 0 saturated carbocycles. The van der Waals surface area contributed by atoms with E-state index in [1.807, 2.05) is 57.4 Å². The zero-order valence-electron chi connectivity index (χ0n) is 19.5. The highest BCUT2D eigenvalue weighted by atomic mass is 35.5. The van der Waals surface area contributed by atoms with Crippen LogP contribution in [0.25, 0.3) is 27.8 Å². The molecule has 0 aliphatic rings. The smallest absolute Gasteiger partial charge is 0.252 e. The van der Waals surface area contributed by atoms with Gasteiger partial charge in [-0.25, -0.2) is 9.07 Å². The fraction of sp³-hybridized carbons (Fsp3) is 0.148. The summed E-state index contributed by atoms with van der Waals surface area (Å²) in [7, 11) is 1.84. The number of carbonyl (C=O) groups excluding carboxylic acids is 1. The van der Waals surface area contributed by atoms with Crippen molar-refractivity contribution in [2.45, 2.75) is 19.4 Å². The molecule has 0 fully saturated rings. The predicted molar refractivity (Wildman–Crippen MR) is 135 cm³/mol. The Hall–Kier alpha value is -3.97. The fourth-order valence-corrected chi connectivity index (χ4v) is 4.28. The van der Waals surface area contributed by atoms with Gasteiger partial charge in [0.05, 0.1) is 28.0 Å². The average molecular weight is 488 g/mol. The highest BCUT2D eigenvalue weighted by Gasteiger charge is 2.26. The molecule has 0 aliphatic carbocycles. The molecule has 8 heteroatoms. The predicted octanol–water partition coefficient (Wildman–Crippen LogP) is 5.88. The minimum Gasteiger partial charge on any atom is -0.343 e. The van der Waals surface area contributed by atoms with E-state index in [9.17, 15) is 9.18 Å². The molecule has 0 bridgehead atoms. The number of nitrogens with zero attached hydrogens (tertiary/aromatic N) is 4. The molecule has 0 radical (unpaired) electrons. The molecule has 2 aromatic heterocycles. The van der Waals surface area contributed by atoms with Crippen molar-refractivity contribution in [1.29, 1.82) is 0 Å². The molecule has 35 heavy (non-hydrogen) atoms. The molecule has 1 N–H and O–H groups in total. The summed E-state index contributed by atoms with van der Waals surface area (Å²) < 4.78 is 17.0. The van der Waals surface area contributed by atoms with Crippen LogP contribution in [0.5, 0.6) is 0 Å². The lowest BCUT2D eigenvalue weighted by molar-refractivity contribution is 0.0912. The zero-order valence-corrected chi connectivity index (χ0v) is 20.2. The van der Waals surface area contributed by atoms with Crippen LogP contribution in [0.2, 0.25) is 5.02 Å². The first-order chi connectivity index (χ1) is 16.7. The maximum absolute atomic E-state index is 13.6. The number of aryl methyl sites for hydroxylation is 1. The Morgan fingerprint density at radius 2 is 1.80 bits per heavy atom. The molecule has 0 atom stereocenters. The van der Waals surface area contributed by atoms with Crippen molar-refractivity contribution in [3.63, 3.8) is 0 Å². The minimum atomic E-state index is -0.625. The number of rotatable bonds is 5. The van der Waals surface area contributed by atoms with Gasteiger partial charge in [-0.15, -0.1) is 0 Å². The number of nitrogens with one attached hydrogen (secondary N) is 1. The van der Waals surface area contributed by atoms with Crippen molar-refractivity contribution in [2.24, 2.45) is 7.05 Å². The second kappa shape index (κ2) is 8.67. The third-order valence-electron chi connectivity index (χ3n) is 6.00. The summed E-state index contributed by atoms with van der Waals surface area (Å²) in [5, 5.41) is 13.5. The van der Waals surface area contributed by atoms with Gasteiger partial charge in [0.2, 0.25) is 0 Å². The Bertz CT molecular complexity index is 1550. The van der Waals surface area contributed by atoms with Crippen LogP contribution in [-0.4, -0.2) is 25.5 Å². The first kappa shape index (κ1) is 22.8. The summed E-state index contributed by atoms with van der Waals surface area (Å²) in [6.45, 7) is 3.86. The van der Waals surface area contributed by atoms with Gasteiger partial charge in [-0.2, -0.15) is 10.2 Å². The third-order valence-corrected chi connectivity index (χ3v) is 6.33. The van der Waals surface area contributed by atoms with Gasteiger partial charge in [-0.1, -0.05) is 29.8 Å². The van der Waals surface area contributed by atoms with Crippen molar-refractivity contribution in [3.8, 4) is 16.9 Å². The van der Waals surface area contributed by atoms with Crippen LogP contribution < -0.4 is 5.32 Å². The number of carbonyl (C=O) groups is 1. The van der Waals surface area contributed by atoms with Crippen LogP contribution in [0, 0.1) is 5.82 Å². The minimum absolute atomic E-state index is 0.230. The number of hydrogen-bond donors (Lipinski definition) is 1. The van der Waals surface area contributed by atoms with Gasteiger partial charge >= 0.3 is 0 Å². The fourth-order valence-electron chi connectivity index (χ4n) is 4.06. The van der Waals surface area contributed by atoms with Gasteiger partial charge in [-0.05, 0) is 62.4 Å². The number of aromatic nitrogens is 4. The highest BCUT2D eigenvalue weighted by Crippen LogP contribution is 2.34. The number of amides is 1. The van der Waals surface area contributed by atoms with Gasteiger partial charge in [0.1, 0.15) is 11.5 Å². The largest absolute Gasteiger partial charge is 0.343 e. The van der Waals surface area contributed by atoms with Crippen LogP contribution >= 0.6 is 11.6 Å². The summed E-state index contributed by atoms with van der Waals surface area (Å²) in [6, 6.07) is 19.0. The van der Waals surface area contributed by atoms with Crippen LogP contribution in [0.4, 0.5) is 4.39 Å². The summed E-state index contributed by atoms with van der Waals surface area (Å²) in [5.41, 5.74) is 3.57. The molecule has 0 aliphatic heterocycles. The molecule has 5 aromatic rings. The number of hydrogen-bond acceptors (Lipinski definition) is 3. The Kier molecular flexibility index (Phi) is 5.65. The quantitative estimate of drug-likeness (QED) is 0.336. The molecule has 1 amide bonds. The molecule has 6 nitrogen and oxygen atoms in total. The molecular formula is C27H23ClFN5O. The van der Waals surface area contributed by atoms with E-state index in [0.717, 1.165) is 16.5 Å². The zero-order chi connectivity index (χ0) is 24.7. The lowest BCUT2D eigenvalue weighted by Crippen LogP contribution is -2.40. The summed E-state index contributed by atoms with van der Waals surface area (Å²) >= 11 is 6.48. The summed E-state index contributed by atoms with van der Waals surface area (Å²) in [5.74, 6) is -0.568. The molecule has 5 rings (SSSR count). The van der Waals surface area contributed by atoms with Crippen molar-refractivity contribution in [1.82, 2.24) is 24.9 Å². The average Bonchev–Trinajstić information content (AvgIpc) is 3.44. The van der Waals surface area contributed by atoms with Crippen LogP contribution in [0.15, 0.2) is 79.1 Å². The molecule has 2 heterocycles. The number of halogens is 2. The second-order valence-corrected chi connectivity index (χ2v) is 9.34. The van der Waals surface area contributed by atoms with Crippen molar-refractivity contribution >= 4 is 28.4 Å². The molecule has 0 unspecified atom stereocenters. The monoisotopic (exact) mass is 487 g/mol. The van der Waals surface area contributed by atoms with Gasteiger partial charge in [0.25, 0.3) is 5.91 Å². The van der Waals surface area contributed by atoms with E-state index >= 15 is 0 Å². The normalized spacial score (nSPS) is 11.7. The number of benzene rings is 3. The van der Waals surface area contributed by atoms with Crippen LogP contribution in [0.1, 0.15) is 29.8 Å².